The van der Waals surface area contributed by atoms with E-state index in [1.165, 1.54) is 55.4 Å². The second kappa shape index (κ2) is 7.68. The van der Waals surface area contributed by atoms with Crippen molar-refractivity contribution in [3.05, 3.63) is 32.0 Å². The SMILES string of the molecule is CCNC(/C1=C/CCCCCC1)c1cc(Cl)sc1Cl. The molecular formula is C15H21Cl2NS. The minimum atomic E-state index is 0.236. The number of rotatable bonds is 4. The highest BCUT2D eigenvalue weighted by Crippen LogP contribution is 2.39. The molecule has 0 fully saturated rings. The van der Waals surface area contributed by atoms with Crippen LogP contribution < -0.4 is 5.32 Å². The third kappa shape index (κ3) is 4.22. The van der Waals surface area contributed by atoms with Gasteiger partial charge in [0.25, 0.3) is 0 Å². The molecule has 1 atom stereocenters. The van der Waals surface area contributed by atoms with Crippen molar-refractivity contribution in [2.45, 2.75) is 51.5 Å². The van der Waals surface area contributed by atoms with Crippen molar-refractivity contribution in [1.29, 1.82) is 0 Å². The van der Waals surface area contributed by atoms with E-state index in [0.29, 0.717) is 0 Å². The van der Waals surface area contributed by atoms with Gasteiger partial charge >= 0.3 is 0 Å². The normalized spacial score (nSPS) is 21.3. The van der Waals surface area contributed by atoms with Crippen LogP contribution in [0.15, 0.2) is 17.7 Å². The molecule has 1 unspecified atom stereocenters. The van der Waals surface area contributed by atoms with Crippen molar-refractivity contribution in [1.82, 2.24) is 5.32 Å². The summed E-state index contributed by atoms with van der Waals surface area (Å²) in [5, 5.41) is 3.57. The molecule has 1 heterocycles. The van der Waals surface area contributed by atoms with Gasteiger partial charge < -0.3 is 5.32 Å². The summed E-state index contributed by atoms with van der Waals surface area (Å²) < 4.78 is 1.59. The number of allylic oxidation sites excluding steroid dienone is 1. The van der Waals surface area contributed by atoms with Crippen LogP contribution in [0.5, 0.6) is 0 Å². The summed E-state index contributed by atoms with van der Waals surface area (Å²) in [5.41, 5.74) is 2.63. The summed E-state index contributed by atoms with van der Waals surface area (Å²) >= 11 is 13.9. The molecular weight excluding hydrogens is 297 g/mol. The van der Waals surface area contributed by atoms with Gasteiger partial charge in [0.15, 0.2) is 0 Å². The number of nitrogens with one attached hydrogen (secondary N) is 1. The lowest BCUT2D eigenvalue weighted by Gasteiger charge is -2.23. The lowest BCUT2D eigenvalue weighted by molar-refractivity contribution is 0.555. The largest absolute Gasteiger partial charge is 0.307 e. The summed E-state index contributed by atoms with van der Waals surface area (Å²) in [5.74, 6) is 0. The van der Waals surface area contributed by atoms with Crippen molar-refractivity contribution in [3.8, 4) is 0 Å². The van der Waals surface area contributed by atoms with E-state index in [-0.39, 0.29) is 6.04 Å². The molecule has 0 radical (unpaired) electrons. The molecule has 4 heteroatoms. The van der Waals surface area contributed by atoms with Crippen molar-refractivity contribution < 1.29 is 0 Å². The highest BCUT2D eigenvalue weighted by atomic mass is 35.5. The van der Waals surface area contributed by atoms with E-state index in [4.69, 9.17) is 23.2 Å². The molecule has 106 valence electrons. The van der Waals surface area contributed by atoms with Gasteiger partial charge in [-0.05, 0) is 38.3 Å². The predicted molar refractivity (Wildman–Crippen MR) is 86.5 cm³/mol. The molecule has 1 aliphatic rings. The lowest BCUT2D eigenvalue weighted by atomic mass is 9.92. The van der Waals surface area contributed by atoms with Gasteiger partial charge in [0, 0.05) is 5.56 Å². The molecule has 1 aromatic rings. The van der Waals surface area contributed by atoms with Gasteiger partial charge in [-0.1, -0.05) is 54.6 Å². The number of likely N-dealkylation sites (N-methyl/N-ethyl adjacent to an activating group) is 1. The molecule has 0 saturated carbocycles. The van der Waals surface area contributed by atoms with Gasteiger partial charge in [-0.15, -0.1) is 11.3 Å². The summed E-state index contributed by atoms with van der Waals surface area (Å²) in [4.78, 5) is 0. The van der Waals surface area contributed by atoms with Crippen molar-refractivity contribution in [3.63, 3.8) is 0 Å². The Morgan fingerprint density at radius 3 is 2.74 bits per heavy atom. The molecule has 0 amide bonds. The van der Waals surface area contributed by atoms with Gasteiger partial charge in [-0.25, -0.2) is 0 Å². The summed E-state index contributed by atoms with van der Waals surface area (Å²) in [6.45, 7) is 3.07. The fourth-order valence-electron chi connectivity index (χ4n) is 2.67. The van der Waals surface area contributed by atoms with Crippen molar-refractivity contribution >= 4 is 34.5 Å². The van der Waals surface area contributed by atoms with Crippen LogP contribution in [-0.2, 0) is 0 Å². The van der Waals surface area contributed by atoms with E-state index < -0.39 is 0 Å². The Labute approximate surface area is 130 Å². The first kappa shape index (κ1) is 15.4. The second-order valence-electron chi connectivity index (χ2n) is 5.00. The van der Waals surface area contributed by atoms with E-state index in [0.717, 1.165) is 20.8 Å². The molecule has 1 aromatic heterocycles. The topological polar surface area (TPSA) is 12.0 Å². The van der Waals surface area contributed by atoms with Crippen LogP contribution in [0.3, 0.4) is 0 Å². The highest BCUT2D eigenvalue weighted by Gasteiger charge is 2.20. The number of hydrogen-bond acceptors (Lipinski definition) is 2. The van der Waals surface area contributed by atoms with Crippen LogP contribution in [0.25, 0.3) is 0 Å². The number of hydrogen-bond donors (Lipinski definition) is 1. The first-order valence-electron chi connectivity index (χ1n) is 7.09. The third-order valence-electron chi connectivity index (χ3n) is 3.60. The number of halogens is 2. The maximum Gasteiger partial charge on any atom is 0.0995 e. The Hall–Kier alpha value is -0.0200. The zero-order valence-electron chi connectivity index (χ0n) is 11.3. The summed E-state index contributed by atoms with van der Waals surface area (Å²) in [6.07, 6.45) is 10.1. The molecule has 2 rings (SSSR count). The molecule has 19 heavy (non-hydrogen) atoms. The number of thiophene rings is 1. The highest BCUT2D eigenvalue weighted by molar-refractivity contribution is 7.20. The van der Waals surface area contributed by atoms with E-state index in [1.807, 2.05) is 6.07 Å². The molecule has 1 N–H and O–H groups in total. The monoisotopic (exact) mass is 317 g/mol. The minimum Gasteiger partial charge on any atom is -0.307 e. The average molecular weight is 318 g/mol. The van der Waals surface area contributed by atoms with Crippen LogP contribution in [0.1, 0.15) is 57.1 Å². The van der Waals surface area contributed by atoms with E-state index >= 15 is 0 Å². The maximum absolute atomic E-state index is 6.33. The van der Waals surface area contributed by atoms with Crippen molar-refractivity contribution in [2.24, 2.45) is 0 Å². The third-order valence-corrected chi connectivity index (χ3v) is 5.12. The second-order valence-corrected chi connectivity index (χ2v) is 7.29. The molecule has 1 aliphatic carbocycles. The first-order chi connectivity index (χ1) is 9.22. The molecule has 0 spiro atoms. The zero-order chi connectivity index (χ0) is 13.7. The van der Waals surface area contributed by atoms with Gasteiger partial charge in [0.1, 0.15) is 0 Å². The summed E-state index contributed by atoms with van der Waals surface area (Å²) in [7, 11) is 0. The van der Waals surface area contributed by atoms with Crippen LogP contribution in [0, 0.1) is 0 Å². The standard InChI is InChI=1S/C15H21Cl2NS/c1-2-18-14(12-10-13(16)19-15(12)17)11-8-6-4-3-5-7-9-11/h8,10,14,18H,2-7,9H2,1H3/b11-8+. The molecule has 0 saturated heterocycles. The Bertz CT molecular complexity index is 439. The molecule has 0 aliphatic heterocycles. The Morgan fingerprint density at radius 1 is 1.26 bits per heavy atom. The smallest absolute Gasteiger partial charge is 0.0995 e. The Morgan fingerprint density at radius 2 is 2.05 bits per heavy atom. The van der Waals surface area contributed by atoms with E-state index in [2.05, 4.69) is 18.3 Å². The van der Waals surface area contributed by atoms with Gasteiger partial charge in [0.05, 0.1) is 14.7 Å². The zero-order valence-corrected chi connectivity index (χ0v) is 13.7. The molecule has 0 aromatic carbocycles. The maximum atomic E-state index is 6.33. The van der Waals surface area contributed by atoms with E-state index in [9.17, 15) is 0 Å². The Kier molecular flexibility index (Phi) is 6.21. The molecule has 1 nitrogen and oxygen atoms in total. The van der Waals surface area contributed by atoms with Crippen LogP contribution >= 0.6 is 34.5 Å². The average Bonchev–Trinajstić information content (AvgIpc) is 2.66. The molecule has 0 bridgehead atoms. The van der Waals surface area contributed by atoms with E-state index in [1.54, 1.807) is 0 Å². The first-order valence-corrected chi connectivity index (χ1v) is 8.66. The fraction of sp³-hybridized carbons (Fsp3) is 0.600. The fourth-order valence-corrected chi connectivity index (χ4v) is 4.21. The van der Waals surface area contributed by atoms with Crippen LogP contribution in [0.2, 0.25) is 8.67 Å². The lowest BCUT2D eigenvalue weighted by Crippen LogP contribution is -2.23. The van der Waals surface area contributed by atoms with Crippen molar-refractivity contribution in [2.75, 3.05) is 6.54 Å². The quantitative estimate of drug-likeness (QED) is 0.673. The summed E-state index contributed by atoms with van der Waals surface area (Å²) in [6, 6.07) is 2.25. The minimum absolute atomic E-state index is 0.236. The van der Waals surface area contributed by atoms with Gasteiger partial charge in [-0.2, -0.15) is 0 Å². The van der Waals surface area contributed by atoms with Gasteiger partial charge in [0.2, 0.25) is 0 Å². The van der Waals surface area contributed by atoms with Crippen LogP contribution in [-0.4, -0.2) is 6.54 Å². The van der Waals surface area contributed by atoms with Crippen LogP contribution in [0.4, 0.5) is 0 Å². The predicted octanol–water partition coefficient (Wildman–Crippen LogP) is 5.99. The van der Waals surface area contributed by atoms with Gasteiger partial charge in [-0.3, -0.25) is 0 Å². The Balaban J connectivity index is 2.25.